The Bertz CT molecular complexity index is 515. The molecule has 2 atom stereocenters. The average Bonchev–Trinajstić information content (AvgIpc) is 2.95. The maximum Gasteiger partial charge on any atom is 0.177 e. The quantitative estimate of drug-likeness (QED) is 0.798. The highest BCUT2D eigenvalue weighted by molar-refractivity contribution is 5.55. The van der Waals surface area contributed by atoms with E-state index < -0.39 is 0 Å². The van der Waals surface area contributed by atoms with Gasteiger partial charge >= 0.3 is 0 Å². The molecule has 3 aliphatic rings. The Hall–Kier alpha value is -1.33. The van der Waals surface area contributed by atoms with Crippen LogP contribution in [0.3, 0.4) is 0 Å². The molecule has 2 N–H and O–H groups in total. The zero-order valence-corrected chi connectivity index (χ0v) is 11.3. The van der Waals surface area contributed by atoms with Gasteiger partial charge in [0.2, 0.25) is 0 Å². The molecule has 5 heteroatoms. The van der Waals surface area contributed by atoms with Crippen LogP contribution in [0.25, 0.3) is 0 Å². The first kappa shape index (κ1) is 12.4. The fraction of sp³-hybridized carbons (Fsp3) is 0.600. The molecular formula is C15H19FN2O2. The number of benzene rings is 1. The van der Waals surface area contributed by atoms with E-state index in [1.807, 2.05) is 0 Å². The van der Waals surface area contributed by atoms with Crippen molar-refractivity contribution in [2.75, 3.05) is 36.9 Å². The topological polar surface area (TPSA) is 47.7 Å². The van der Waals surface area contributed by atoms with Crippen LogP contribution < -0.4 is 10.6 Å². The molecule has 4 rings (SSSR count). The van der Waals surface area contributed by atoms with Crippen molar-refractivity contribution in [3.63, 3.8) is 0 Å². The summed E-state index contributed by atoms with van der Waals surface area (Å²) in [6.45, 7) is 2.95. The van der Waals surface area contributed by atoms with Crippen LogP contribution in [0, 0.1) is 17.7 Å². The first-order chi connectivity index (χ1) is 9.69. The van der Waals surface area contributed by atoms with Crippen LogP contribution in [0.15, 0.2) is 18.2 Å². The molecule has 2 heterocycles. The number of anilines is 2. The van der Waals surface area contributed by atoms with E-state index in [0.29, 0.717) is 36.4 Å². The molecule has 3 fully saturated rings. The van der Waals surface area contributed by atoms with Gasteiger partial charge in [0.15, 0.2) is 5.79 Å². The molecule has 4 nitrogen and oxygen atoms in total. The Kier molecular flexibility index (Phi) is 2.69. The molecule has 1 aliphatic carbocycles. The molecule has 2 aliphatic heterocycles. The van der Waals surface area contributed by atoms with Gasteiger partial charge in [-0.1, -0.05) is 0 Å². The van der Waals surface area contributed by atoms with E-state index in [1.165, 1.54) is 6.07 Å². The van der Waals surface area contributed by atoms with Gasteiger partial charge in [0.1, 0.15) is 5.82 Å². The number of ether oxygens (including phenoxy) is 2. The van der Waals surface area contributed by atoms with Gasteiger partial charge in [0, 0.05) is 30.6 Å². The Morgan fingerprint density at radius 3 is 2.40 bits per heavy atom. The van der Waals surface area contributed by atoms with Crippen molar-refractivity contribution in [2.45, 2.75) is 18.6 Å². The molecular weight excluding hydrogens is 259 g/mol. The highest BCUT2D eigenvalue weighted by Gasteiger charge is 2.58. The van der Waals surface area contributed by atoms with Crippen molar-refractivity contribution >= 4 is 11.4 Å². The number of rotatable bonds is 1. The third-order valence-electron chi connectivity index (χ3n) is 4.93. The van der Waals surface area contributed by atoms with Crippen molar-refractivity contribution in [2.24, 2.45) is 11.8 Å². The number of piperidine rings is 1. The lowest BCUT2D eigenvalue weighted by molar-refractivity contribution is -0.213. The minimum absolute atomic E-state index is 0.242. The normalized spacial score (nSPS) is 31.1. The first-order valence-corrected chi connectivity index (χ1v) is 7.27. The summed E-state index contributed by atoms with van der Waals surface area (Å²) in [4.78, 5) is 2.12. The van der Waals surface area contributed by atoms with Gasteiger partial charge in [-0.2, -0.15) is 0 Å². The summed E-state index contributed by atoms with van der Waals surface area (Å²) >= 11 is 0. The van der Waals surface area contributed by atoms with Crippen LogP contribution >= 0.6 is 0 Å². The molecule has 1 aromatic rings. The molecule has 0 radical (unpaired) electrons. The second-order valence-electron chi connectivity index (χ2n) is 6.01. The Balaban J connectivity index is 1.62. The van der Waals surface area contributed by atoms with Gasteiger partial charge < -0.3 is 20.1 Å². The summed E-state index contributed by atoms with van der Waals surface area (Å²) in [5.74, 6) is 0.0378. The standard InChI is InChI=1S/C15H19FN2O2/c16-13-7-12(17)3-4-14(13)18-8-10-1-2-11(9-18)15(10)19-5-6-20-15/h3-4,7,10-11H,1-2,5-6,8-9,17H2. The van der Waals surface area contributed by atoms with E-state index in [4.69, 9.17) is 15.2 Å². The number of halogens is 1. The maximum absolute atomic E-state index is 14.1. The fourth-order valence-electron chi connectivity index (χ4n) is 4.07. The second-order valence-corrected chi connectivity index (χ2v) is 6.01. The lowest BCUT2D eigenvalue weighted by atomic mass is 9.90. The van der Waals surface area contributed by atoms with Gasteiger partial charge in [0.05, 0.1) is 18.9 Å². The summed E-state index contributed by atoms with van der Waals surface area (Å²) in [7, 11) is 0. The van der Waals surface area contributed by atoms with Gasteiger partial charge in [-0.15, -0.1) is 0 Å². The number of nitrogen functional groups attached to an aromatic ring is 1. The van der Waals surface area contributed by atoms with E-state index in [2.05, 4.69) is 4.90 Å². The predicted molar refractivity (Wildman–Crippen MR) is 73.9 cm³/mol. The lowest BCUT2D eigenvalue weighted by Crippen LogP contribution is -2.54. The summed E-state index contributed by atoms with van der Waals surface area (Å²) in [6, 6.07) is 4.93. The molecule has 0 amide bonds. The molecule has 20 heavy (non-hydrogen) atoms. The van der Waals surface area contributed by atoms with Gasteiger partial charge in [-0.25, -0.2) is 4.39 Å². The smallest absolute Gasteiger partial charge is 0.177 e. The zero-order valence-electron chi connectivity index (χ0n) is 11.3. The minimum atomic E-state index is -0.388. The van der Waals surface area contributed by atoms with Crippen molar-refractivity contribution in [3.05, 3.63) is 24.0 Å². The molecule has 2 bridgehead atoms. The van der Waals surface area contributed by atoms with Crippen LogP contribution in [-0.4, -0.2) is 32.1 Å². The van der Waals surface area contributed by atoms with Crippen LogP contribution in [-0.2, 0) is 9.47 Å². The van der Waals surface area contributed by atoms with Gasteiger partial charge in [-0.05, 0) is 31.0 Å². The largest absolute Gasteiger partial charge is 0.399 e. The fourth-order valence-corrected chi connectivity index (χ4v) is 4.07. The van der Waals surface area contributed by atoms with Crippen LogP contribution in [0.4, 0.5) is 15.8 Å². The summed E-state index contributed by atoms with van der Waals surface area (Å²) in [6.07, 6.45) is 2.19. The molecule has 1 aromatic carbocycles. The predicted octanol–water partition coefficient (Wildman–Crippen LogP) is 2.00. The molecule has 1 spiro atoms. The van der Waals surface area contributed by atoms with Crippen LogP contribution in [0.5, 0.6) is 0 Å². The zero-order chi connectivity index (χ0) is 13.7. The van der Waals surface area contributed by atoms with Gasteiger partial charge in [0.25, 0.3) is 0 Å². The van der Waals surface area contributed by atoms with Crippen LogP contribution in [0.1, 0.15) is 12.8 Å². The van der Waals surface area contributed by atoms with Crippen molar-refractivity contribution < 1.29 is 13.9 Å². The van der Waals surface area contributed by atoms with E-state index in [-0.39, 0.29) is 11.6 Å². The third kappa shape index (κ3) is 1.66. The molecule has 2 saturated heterocycles. The maximum atomic E-state index is 14.1. The third-order valence-corrected chi connectivity index (χ3v) is 4.93. The average molecular weight is 278 g/mol. The van der Waals surface area contributed by atoms with Gasteiger partial charge in [-0.3, -0.25) is 0 Å². The van der Waals surface area contributed by atoms with E-state index in [9.17, 15) is 4.39 Å². The molecule has 108 valence electrons. The number of hydrogen-bond donors (Lipinski definition) is 1. The van der Waals surface area contributed by atoms with E-state index in [0.717, 1.165) is 25.9 Å². The van der Waals surface area contributed by atoms with Crippen molar-refractivity contribution in [3.8, 4) is 0 Å². The summed E-state index contributed by atoms with van der Waals surface area (Å²) in [5, 5.41) is 0. The Morgan fingerprint density at radius 1 is 1.15 bits per heavy atom. The number of nitrogens with two attached hydrogens (primary N) is 1. The first-order valence-electron chi connectivity index (χ1n) is 7.27. The van der Waals surface area contributed by atoms with Crippen LogP contribution in [0.2, 0.25) is 0 Å². The van der Waals surface area contributed by atoms with Crippen molar-refractivity contribution in [1.82, 2.24) is 0 Å². The van der Waals surface area contributed by atoms with Crippen molar-refractivity contribution in [1.29, 1.82) is 0 Å². The summed E-state index contributed by atoms with van der Waals surface area (Å²) < 4.78 is 26.0. The molecule has 2 unspecified atom stereocenters. The molecule has 0 aromatic heterocycles. The SMILES string of the molecule is Nc1ccc(N2CC3CCC(C2)C32OCCO2)c(F)c1. The number of nitrogens with zero attached hydrogens (tertiary/aromatic N) is 1. The minimum Gasteiger partial charge on any atom is -0.399 e. The summed E-state index contributed by atoms with van der Waals surface area (Å²) in [5.41, 5.74) is 6.73. The second kappa shape index (κ2) is 4.33. The highest BCUT2D eigenvalue weighted by Crippen LogP contribution is 2.50. The van der Waals surface area contributed by atoms with E-state index >= 15 is 0 Å². The van der Waals surface area contributed by atoms with E-state index in [1.54, 1.807) is 12.1 Å². The molecule has 1 saturated carbocycles. The monoisotopic (exact) mass is 278 g/mol. The Labute approximate surface area is 117 Å². The Morgan fingerprint density at radius 2 is 1.80 bits per heavy atom. The number of hydrogen-bond acceptors (Lipinski definition) is 4. The lowest BCUT2D eigenvalue weighted by Gasteiger charge is -2.44. The highest BCUT2D eigenvalue weighted by atomic mass is 19.1.